The standard InChI is InChI=1S/C38H39ClN8O3/c1-22-26(27-8-6-10-30(35(27)39)45-38(49)36-43-32-21-46(2)16-14-33(32)47(36)3)7-5-9-29(22)44-37(48)31-18-28(23-11-12-23)24(20-42-31)19-41-25-13-15-40-34(17-25)50-4/h5-10,13,15,17-18,20,23H,11-12,14,16,19,21H2,1-4H3,(H,40,41)(H,44,48)(H,45,49). The lowest BCUT2D eigenvalue weighted by molar-refractivity contribution is 0.100. The van der Waals surface area contributed by atoms with Crippen LogP contribution in [0.2, 0.25) is 5.02 Å². The Kier molecular flexibility index (Phi) is 9.26. The number of nitrogens with one attached hydrogen (secondary N) is 3. The summed E-state index contributed by atoms with van der Waals surface area (Å²) in [7, 11) is 5.52. The van der Waals surface area contributed by atoms with Crippen LogP contribution in [0, 0.1) is 6.92 Å². The van der Waals surface area contributed by atoms with Crippen LogP contribution in [0.3, 0.4) is 0 Å². The molecule has 3 N–H and O–H groups in total. The molecule has 4 heterocycles. The molecule has 0 atom stereocenters. The molecule has 50 heavy (non-hydrogen) atoms. The second kappa shape index (κ2) is 13.9. The van der Waals surface area contributed by atoms with Crippen molar-refractivity contribution in [1.29, 1.82) is 0 Å². The van der Waals surface area contributed by atoms with Crippen LogP contribution in [0.15, 0.2) is 67.0 Å². The average Bonchev–Trinajstić information content (AvgIpc) is 3.92. The highest BCUT2D eigenvalue weighted by molar-refractivity contribution is 6.36. The highest BCUT2D eigenvalue weighted by Gasteiger charge is 2.28. The van der Waals surface area contributed by atoms with Gasteiger partial charge in [0.15, 0.2) is 5.82 Å². The summed E-state index contributed by atoms with van der Waals surface area (Å²) in [5.41, 5.74) is 8.97. The third kappa shape index (κ3) is 6.79. The Morgan fingerprint density at radius 3 is 2.52 bits per heavy atom. The molecule has 256 valence electrons. The van der Waals surface area contributed by atoms with Gasteiger partial charge in [-0.05, 0) is 79.3 Å². The fourth-order valence-electron chi connectivity index (χ4n) is 6.50. The smallest absolute Gasteiger partial charge is 0.291 e. The van der Waals surface area contributed by atoms with Gasteiger partial charge in [0.05, 0.1) is 23.5 Å². The summed E-state index contributed by atoms with van der Waals surface area (Å²) in [6.07, 6.45) is 6.50. The Balaban J connectivity index is 1.08. The predicted octanol–water partition coefficient (Wildman–Crippen LogP) is 6.83. The lowest BCUT2D eigenvalue weighted by atomic mass is 9.98. The van der Waals surface area contributed by atoms with Gasteiger partial charge in [-0.1, -0.05) is 35.9 Å². The molecular formula is C38H39ClN8O3. The largest absolute Gasteiger partial charge is 0.481 e. The van der Waals surface area contributed by atoms with Crippen LogP contribution in [-0.2, 0) is 26.6 Å². The van der Waals surface area contributed by atoms with E-state index >= 15 is 0 Å². The Hall–Kier alpha value is -5.26. The van der Waals surface area contributed by atoms with Crippen LogP contribution < -0.4 is 20.7 Å². The molecule has 3 aromatic heterocycles. The molecule has 2 amide bonds. The van der Waals surface area contributed by atoms with Crippen molar-refractivity contribution in [2.45, 2.75) is 45.2 Å². The van der Waals surface area contributed by atoms with Crippen LogP contribution in [-0.4, -0.2) is 56.9 Å². The summed E-state index contributed by atoms with van der Waals surface area (Å²) in [6.45, 7) is 4.14. The third-order valence-corrected chi connectivity index (χ3v) is 9.88. The average molecular weight is 691 g/mol. The summed E-state index contributed by atoms with van der Waals surface area (Å²) in [4.78, 5) is 42.5. The van der Waals surface area contributed by atoms with Gasteiger partial charge in [-0.25, -0.2) is 9.97 Å². The number of likely N-dealkylation sites (N-methyl/N-ethyl adjacent to an activating group) is 1. The first kappa shape index (κ1) is 33.2. The van der Waals surface area contributed by atoms with E-state index in [-0.39, 0.29) is 11.8 Å². The van der Waals surface area contributed by atoms with Crippen LogP contribution in [0.25, 0.3) is 11.1 Å². The minimum atomic E-state index is -0.321. The minimum absolute atomic E-state index is 0.290. The number of carbonyl (C=O) groups excluding carboxylic acids is 2. The molecule has 0 spiro atoms. The molecule has 0 radical (unpaired) electrons. The van der Waals surface area contributed by atoms with E-state index in [0.29, 0.717) is 52.8 Å². The van der Waals surface area contributed by atoms with Crippen molar-refractivity contribution in [1.82, 2.24) is 24.4 Å². The molecule has 12 heteroatoms. The van der Waals surface area contributed by atoms with Crippen molar-refractivity contribution in [2.24, 2.45) is 7.05 Å². The number of halogens is 1. The SMILES string of the molecule is COc1cc(NCc2cnc(C(=O)Nc3cccc(-c4cccc(NC(=O)c5nc6c(n5C)CCN(C)C6)c4Cl)c3C)cc2C2CC2)ccn1. The molecule has 5 aromatic rings. The highest BCUT2D eigenvalue weighted by atomic mass is 35.5. The fourth-order valence-corrected chi connectivity index (χ4v) is 6.77. The van der Waals surface area contributed by atoms with E-state index in [1.165, 1.54) is 0 Å². The Labute approximate surface area is 296 Å². The van der Waals surface area contributed by atoms with Gasteiger partial charge in [-0.15, -0.1) is 0 Å². The van der Waals surface area contributed by atoms with Gasteiger partial charge < -0.3 is 30.2 Å². The molecule has 2 aliphatic rings. The number of hydrogen-bond acceptors (Lipinski definition) is 8. The number of anilines is 3. The van der Waals surface area contributed by atoms with Crippen LogP contribution in [0.4, 0.5) is 17.1 Å². The van der Waals surface area contributed by atoms with Gasteiger partial charge in [0.1, 0.15) is 5.69 Å². The number of hydrogen-bond donors (Lipinski definition) is 3. The first-order valence-corrected chi connectivity index (χ1v) is 17.0. The number of methoxy groups -OCH3 is 1. The molecule has 2 aromatic carbocycles. The first-order valence-electron chi connectivity index (χ1n) is 16.7. The number of rotatable bonds is 10. The number of fused-ring (bicyclic) bond motifs is 1. The number of carbonyl (C=O) groups is 2. The molecule has 7 rings (SSSR count). The summed E-state index contributed by atoms with van der Waals surface area (Å²) < 4.78 is 7.11. The Morgan fingerprint density at radius 1 is 0.980 bits per heavy atom. The van der Waals surface area contributed by atoms with E-state index in [0.717, 1.165) is 70.7 Å². The van der Waals surface area contributed by atoms with Gasteiger partial charge in [0.25, 0.3) is 11.8 Å². The Morgan fingerprint density at radius 2 is 1.74 bits per heavy atom. The van der Waals surface area contributed by atoms with Gasteiger partial charge in [-0.2, -0.15) is 0 Å². The predicted molar refractivity (Wildman–Crippen MR) is 195 cm³/mol. The molecule has 1 saturated carbocycles. The van der Waals surface area contributed by atoms with Crippen molar-refractivity contribution in [2.75, 3.05) is 36.7 Å². The van der Waals surface area contributed by atoms with Crippen molar-refractivity contribution in [3.05, 3.63) is 112 Å². The van der Waals surface area contributed by atoms with E-state index in [1.807, 2.05) is 74.1 Å². The lowest BCUT2D eigenvalue weighted by Crippen LogP contribution is -2.27. The van der Waals surface area contributed by atoms with Gasteiger partial charge in [0.2, 0.25) is 5.88 Å². The molecule has 0 unspecified atom stereocenters. The second-order valence-corrected chi connectivity index (χ2v) is 13.3. The van der Waals surface area contributed by atoms with E-state index in [4.69, 9.17) is 16.3 Å². The van der Waals surface area contributed by atoms with E-state index in [9.17, 15) is 9.59 Å². The first-order chi connectivity index (χ1) is 24.2. The van der Waals surface area contributed by atoms with Crippen molar-refractivity contribution in [3.8, 4) is 17.0 Å². The molecule has 0 saturated heterocycles. The van der Waals surface area contributed by atoms with Crippen molar-refractivity contribution < 1.29 is 14.3 Å². The normalized spacial score (nSPS) is 14.2. The zero-order chi connectivity index (χ0) is 34.9. The van der Waals surface area contributed by atoms with E-state index in [2.05, 4.69) is 35.8 Å². The third-order valence-electron chi connectivity index (χ3n) is 9.47. The van der Waals surface area contributed by atoms with Crippen LogP contribution >= 0.6 is 11.6 Å². The van der Waals surface area contributed by atoms with Gasteiger partial charge in [0, 0.05) is 74.2 Å². The zero-order valence-corrected chi connectivity index (χ0v) is 29.3. The number of ether oxygens (including phenoxy) is 1. The number of pyridine rings is 2. The molecule has 0 bridgehead atoms. The summed E-state index contributed by atoms with van der Waals surface area (Å²) in [5, 5.41) is 9.86. The minimum Gasteiger partial charge on any atom is -0.481 e. The van der Waals surface area contributed by atoms with Gasteiger partial charge >= 0.3 is 0 Å². The fraction of sp³-hybridized carbons (Fsp3) is 0.289. The number of benzene rings is 2. The molecule has 1 aliphatic heterocycles. The molecular weight excluding hydrogens is 652 g/mol. The summed E-state index contributed by atoms with van der Waals surface area (Å²) in [5.74, 6) is 0.693. The summed E-state index contributed by atoms with van der Waals surface area (Å²) >= 11 is 6.95. The van der Waals surface area contributed by atoms with Crippen LogP contribution in [0.5, 0.6) is 5.88 Å². The van der Waals surface area contributed by atoms with E-state index in [1.54, 1.807) is 25.6 Å². The van der Waals surface area contributed by atoms with E-state index < -0.39 is 0 Å². The molecule has 1 fully saturated rings. The molecule has 11 nitrogen and oxygen atoms in total. The maximum Gasteiger partial charge on any atom is 0.291 e. The van der Waals surface area contributed by atoms with Crippen molar-refractivity contribution >= 4 is 40.5 Å². The van der Waals surface area contributed by atoms with Crippen molar-refractivity contribution in [3.63, 3.8) is 0 Å². The highest BCUT2D eigenvalue weighted by Crippen LogP contribution is 2.42. The number of amides is 2. The Bertz CT molecular complexity index is 2110. The zero-order valence-electron chi connectivity index (χ0n) is 28.5. The topological polar surface area (TPSA) is 126 Å². The number of nitrogens with zero attached hydrogens (tertiary/aromatic N) is 5. The molecule has 1 aliphatic carbocycles. The second-order valence-electron chi connectivity index (χ2n) is 12.9. The van der Waals surface area contributed by atoms with Crippen LogP contribution in [0.1, 0.15) is 67.9 Å². The van der Waals surface area contributed by atoms with Gasteiger partial charge in [-0.3, -0.25) is 14.6 Å². The number of aromatic nitrogens is 4. The number of imidazole rings is 1. The maximum atomic E-state index is 13.6. The monoisotopic (exact) mass is 690 g/mol. The summed E-state index contributed by atoms with van der Waals surface area (Å²) in [6, 6.07) is 16.9. The lowest BCUT2D eigenvalue weighted by Gasteiger charge is -2.21. The maximum absolute atomic E-state index is 13.6. The quantitative estimate of drug-likeness (QED) is 0.146.